The molecule has 0 aromatic rings. The number of nitrogens with zero attached hydrogens (tertiary/aromatic N) is 1. The summed E-state index contributed by atoms with van der Waals surface area (Å²) in [6.45, 7) is 5.56. The molecule has 1 N–H and O–H groups in total. The second kappa shape index (κ2) is 7.79. The van der Waals surface area contributed by atoms with E-state index < -0.39 is 20.2 Å². The topological polar surface area (TPSA) is 67.9 Å². The van der Waals surface area contributed by atoms with Gasteiger partial charge in [0, 0.05) is 13.1 Å². The highest BCUT2D eigenvalue weighted by molar-refractivity contribution is 7.36. The molecule has 1 saturated heterocycles. The molecule has 104 valence electrons. The second-order valence-electron chi connectivity index (χ2n) is 4.47. The number of nitrogens with one attached hydrogen (secondary N) is 1. The number of carbonyl (C=O) groups excluding carboxylic acids is 1. The van der Waals surface area contributed by atoms with Crippen molar-refractivity contribution in [3.05, 3.63) is 0 Å². The summed E-state index contributed by atoms with van der Waals surface area (Å²) in [6, 6.07) is -0.611. The van der Waals surface area contributed by atoms with Gasteiger partial charge in [0.05, 0.1) is 6.61 Å². The zero-order chi connectivity index (χ0) is 13.5. The number of hydrogen-bond acceptors (Lipinski definition) is 5. The number of ether oxygens (including phenoxy) is 1. The molecule has 1 rings (SSSR count). The molecule has 0 aliphatic carbocycles. The Morgan fingerprint density at radius 3 is 2.67 bits per heavy atom. The first-order valence-electron chi connectivity index (χ1n) is 6.28. The lowest BCUT2D eigenvalue weighted by Gasteiger charge is -2.25. The minimum absolute atomic E-state index is 0.00621. The molecule has 0 aromatic heterocycles. The molecule has 18 heavy (non-hydrogen) atoms. The Hall–Kier alpha value is -0.550. The minimum Gasteiger partial charge on any atom is -0.465 e. The van der Waals surface area contributed by atoms with Crippen molar-refractivity contribution in [3.8, 4) is 0 Å². The third-order valence-electron chi connectivity index (χ3n) is 2.85. The Bertz CT molecular complexity index is 293. The van der Waals surface area contributed by atoms with Crippen molar-refractivity contribution < 1.29 is 18.6 Å². The van der Waals surface area contributed by atoms with Crippen molar-refractivity contribution in [2.45, 2.75) is 38.8 Å². The van der Waals surface area contributed by atoms with Gasteiger partial charge in [-0.1, -0.05) is 5.09 Å². The van der Waals surface area contributed by atoms with E-state index in [9.17, 15) is 9.36 Å². The molecule has 2 unspecified atom stereocenters. The number of likely N-dealkylation sites (tertiary alicyclic amines) is 1. The third-order valence-corrected chi connectivity index (χ3v) is 3.94. The Morgan fingerprint density at radius 1 is 1.50 bits per heavy atom. The average molecular weight is 277 g/mol. The van der Waals surface area contributed by atoms with Gasteiger partial charge in [0.25, 0.3) is 0 Å². The Kier molecular flexibility index (Phi) is 6.71. The van der Waals surface area contributed by atoms with Crippen LogP contribution >= 0.6 is 8.18 Å². The van der Waals surface area contributed by atoms with Crippen LogP contribution in [0.15, 0.2) is 0 Å². The van der Waals surface area contributed by atoms with E-state index in [2.05, 4.69) is 17.0 Å². The van der Waals surface area contributed by atoms with E-state index in [0.29, 0.717) is 6.61 Å². The van der Waals surface area contributed by atoms with Crippen molar-refractivity contribution in [1.82, 2.24) is 9.99 Å². The number of hydrogen-bond donors (Lipinski definition) is 1. The molecule has 0 bridgehead atoms. The van der Waals surface area contributed by atoms with Gasteiger partial charge in [0.15, 0.2) is 0 Å². The van der Waals surface area contributed by atoms with Gasteiger partial charge in [-0.05, 0) is 38.3 Å². The fraction of sp³-hybridized carbons (Fsp3) is 0.909. The van der Waals surface area contributed by atoms with Crippen molar-refractivity contribution in [3.63, 3.8) is 0 Å². The monoisotopic (exact) mass is 277 g/mol. The predicted molar refractivity (Wildman–Crippen MR) is 68.4 cm³/mol. The van der Waals surface area contributed by atoms with Crippen LogP contribution in [0.4, 0.5) is 0 Å². The summed E-state index contributed by atoms with van der Waals surface area (Å²) in [7, 11) is 0.0333. The molecule has 0 spiro atoms. The van der Waals surface area contributed by atoms with Gasteiger partial charge in [-0.25, -0.2) is 0 Å². The van der Waals surface area contributed by atoms with Gasteiger partial charge in [0.1, 0.15) is 12.1 Å². The van der Waals surface area contributed by atoms with E-state index >= 15 is 0 Å². The van der Waals surface area contributed by atoms with Gasteiger partial charge in [0.2, 0.25) is 0 Å². The molecule has 1 aliphatic heterocycles. The Morgan fingerprint density at radius 2 is 2.11 bits per heavy atom. The van der Waals surface area contributed by atoms with Crippen LogP contribution in [-0.2, 0) is 18.6 Å². The summed E-state index contributed by atoms with van der Waals surface area (Å²) in [5.41, 5.74) is 0. The van der Waals surface area contributed by atoms with E-state index in [-0.39, 0.29) is 6.10 Å². The van der Waals surface area contributed by atoms with E-state index in [1.165, 1.54) is 0 Å². The van der Waals surface area contributed by atoms with Crippen LogP contribution in [0, 0.1) is 0 Å². The maximum absolute atomic E-state index is 11.7. The average Bonchev–Trinajstić information content (AvgIpc) is 2.32. The van der Waals surface area contributed by atoms with Crippen LogP contribution in [0.25, 0.3) is 0 Å². The number of piperidine rings is 1. The van der Waals surface area contributed by atoms with E-state index in [0.717, 1.165) is 25.9 Å². The van der Waals surface area contributed by atoms with Crippen molar-refractivity contribution >= 4 is 14.1 Å². The summed E-state index contributed by atoms with van der Waals surface area (Å²) in [4.78, 5) is 13.5. The zero-order valence-corrected chi connectivity index (χ0v) is 12.1. The van der Waals surface area contributed by atoms with E-state index in [1.54, 1.807) is 13.8 Å². The lowest BCUT2D eigenvalue weighted by molar-refractivity contribution is -0.144. The standard InChI is InChI=1S/C11H22N2O4P/c1-4-16-11(14)9(2)12-18(15)17-10-5-7-13(3)8-6-10/h9-10H,4-8H2,1-3H3,(H,12,15)/q+1. The quantitative estimate of drug-likeness (QED) is 0.583. The van der Waals surface area contributed by atoms with Gasteiger partial charge in [-0.15, -0.1) is 4.52 Å². The van der Waals surface area contributed by atoms with Crippen molar-refractivity contribution in [1.29, 1.82) is 0 Å². The first-order valence-corrected chi connectivity index (χ1v) is 7.46. The summed E-state index contributed by atoms with van der Waals surface area (Å²) in [5.74, 6) is -0.409. The third kappa shape index (κ3) is 5.40. The first kappa shape index (κ1) is 15.5. The fourth-order valence-corrected chi connectivity index (χ4v) is 2.70. The van der Waals surface area contributed by atoms with Crippen LogP contribution in [0.3, 0.4) is 0 Å². The van der Waals surface area contributed by atoms with Crippen LogP contribution < -0.4 is 5.09 Å². The predicted octanol–water partition coefficient (Wildman–Crippen LogP) is 1.30. The largest absolute Gasteiger partial charge is 0.614 e. The lowest BCUT2D eigenvalue weighted by atomic mass is 10.1. The van der Waals surface area contributed by atoms with Crippen LogP contribution in [0.2, 0.25) is 0 Å². The van der Waals surface area contributed by atoms with Gasteiger partial charge in [-0.2, -0.15) is 0 Å². The van der Waals surface area contributed by atoms with Gasteiger partial charge >= 0.3 is 14.1 Å². The van der Waals surface area contributed by atoms with Crippen LogP contribution in [0.5, 0.6) is 0 Å². The number of esters is 1. The van der Waals surface area contributed by atoms with E-state index in [4.69, 9.17) is 9.26 Å². The Labute approximate surface area is 109 Å². The summed E-state index contributed by atoms with van der Waals surface area (Å²) < 4.78 is 21.9. The summed E-state index contributed by atoms with van der Waals surface area (Å²) in [6.07, 6.45) is 1.74. The molecule has 1 heterocycles. The minimum atomic E-state index is -2.02. The van der Waals surface area contributed by atoms with Gasteiger partial charge in [-0.3, -0.25) is 4.79 Å². The normalized spacial score (nSPS) is 20.5. The zero-order valence-electron chi connectivity index (χ0n) is 11.2. The molecule has 0 radical (unpaired) electrons. The molecule has 0 saturated carbocycles. The first-order chi connectivity index (χ1) is 8.52. The van der Waals surface area contributed by atoms with Gasteiger partial charge < -0.3 is 9.64 Å². The highest BCUT2D eigenvalue weighted by Crippen LogP contribution is 2.25. The maximum atomic E-state index is 11.7. The highest BCUT2D eigenvalue weighted by Gasteiger charge is 2.32. The molecule has 1 fully saturated rings. The molecule has 0 amide bonds. The molecule has 2 atom stereocenters. The maximum Gasteiger partial charge on any atom is 0.614 e. The molecule has 6 nitrogen and oxygen atoms in total. The fourth-order valence-electron chi connectivity index (χ4n) is 1.73. The van der Waals surface area contributed by atoms with Crippen molar-refractivity contribution in [2.75, 3.05) is 26.7 Å². The summed E-state index contributed by atoms with van der Waals surface area (Å²) in [5, 5.41) is 2.62. The van der Waals surface area contributed by atoms with E-state index in [1.807, 2.05) is 0 Å². The molecule has 0 aromatic carbocycles. The molecular weight excluding hydrogens is 255 g/mol. The Balaban J connectivity index is 2.26. The smallest absolute Gasteiger partial charge is 0.465 e. The summed E-state index contributed by atoms with van der Waals surface area (Å²) >= 11 is 0. The molecule has 1 aliphatic rings. The highest BCUT2D eigenvalue weighted by atomic mass is 31.1. The SMILES string of the molecule is CCOC(=O)C(C)N[P+](=O)OC1CCN(C)CC1. The van der Waals surface area contributed by atoms with Crippen LogP contribution in [0.1, 0.15) is 26.7 Å². The van der Waals surface area contributed by atoms with Crippen LogP contribution in [-0.4, -0.2) is 49.8 Å². The van der Waals surface area contributed by atoms with Crippen molar-refractivity contribution in [2.24, 2.45) is 0 Å². The second-order valence-corrected chi connectivity index (χ2v) is 5.45. The number of rotatable bonds is 6. The lowest BCUT2D eigenvalue weighted by Crippen LogP contribution is -2.35. The molecule has 7 heteroatoms. The number of carbonyl (C=O) groups is 1. The molecular formula is C11H22N2O4P+.